The van der Waals surface area contributed by atoms with Gasteiger partial charge in [0.15, 0.2) is 18.1 Å². The van der Waals surface area contributed by atoms with Crippen molar-refractivity contribution >= 4 is 5.91 Å². The van der Waals surface area contributed by atoms with E-state index in [1.807, 2.05) is 42.5 Å². The van der Waals surface area contributed by atoms with E-state index in [4.69, 9.17) is 14.2 Å². The second-order valence-electron chi connectivity index (χ2n) is 6.27. The average Bonchev–Trinajstić information content (AvgIpc) is 2.66. The predicted molar refractivity (Wildman–Crippen MR) is 102 cm³/mol. The molecule has 5 nitrogen and oxygen atoms in total. The molecule has 0 fully saturated rings. The Labute approximate surface area is 155 Å². The van der Waals surface area contributed by atoms with Crippen LogP contribution >= 0.6 is 0 Å². The molecule has 2 aromatic carbocycles. The van der Waals surface area contributed by atoms with Crippen molar-refractivity contribution in [2.24, 2.45) is 0 Å². The zero-order valence-corrected chi connectivity index (χ0v) is 15.9. The number of carbonyl (C=O) groups excluding carboxylic acids is 1. The van der Waals surface area contributed by atoms with Crippen molar-refractivity contribution in [1.82, 2.24) is 5.32 Å². The van der Waals surface area contributed by atoms with E-state index in [1.54, 1.807) is 14.2 Å². The van der Waals surface area contributed by atoms with E-state index < -0.39 is 0 Å². The van der Waals surface area contributed by atoms with Crippen LogP contribution in [0, 0.1) is 0 Å². The van der Waals surface area contributed by atoms with Gasteiger partial charge in [0.1, 0.15) is 5.75 Å². The molecule has 0 spiro atoms. The second-order valence-corrected chi connectivity index (χ2v) is 6.27. The second kappa shape index (κ2) is 9.70. The van der Waals surface area contributed by atoms with Crippen LogP contribution in [0.1, 0.15) is 30.9 Å². The molecule has 26 heavy (non-hydrogen) atoms. The van der Waals surface area contributed by atoms with Crippen LogP contribution < -0.4 is 19.5 Å². The molecule has 0 unspecified atom stereocenters. The summed E-state index contributed by atoms with van der Waals surface area (Å²) in [6.07, 6.45) is 0.703. The van der Waals surface area contributed by atoms with E-state index in [2.05, 4.69) is 19.2 Å². The Hall–Kier alpha value is -2.69. The standard InChI is InChI=1S/C21H27NO4/c1-15(2)17-7-5-6-8-18(17)26-14-21(23)22-12-11-16-9-10-19(24-3)20(13-16)25-4/h5-10,13,15H,11-12,14H2,1-4H3,(H,22,23). The first-order valence-electron chi connectivity index (χ1n) is 8.74. The van der Waals surface area contributed by atoms with Crippen LogP contribution in [-0.2, 0) is 11.2 Å². The molecule has 2 rings (SSSR count). The normalized spacial score (nSPS) is 10.5. The fraction of sp³-hybridized carbons (Fsp3) is 0.381. The van der Waals surface area contributed by atoms with Gasteiger partial charge in [-0.25, -0.2) is 0 Å². The maximum absolute atomic E-state index is 12.0. The first-order chi connectivity index (χ1) is 12.5. The molecule has 140 valence electrons. The SMILES string of the molecule is COc1ccc(CCNC(=O)COc2ccccc2C(C)C)cc1OC. The molecule has 0 aliphatic heterocycles. The molecule has 0 saturated carbocycles. The van der Waals surface area contributed by atoms with Crippen molar-refractivity contribution in [2.75, 3.05) is 27.4 Å². The minimum Gasteiger partial charge on any atom is -0.493 e. The number of para-hydroxylation sites is 1. The van der Waals surface area contributed by atoms with E-state index in [9.17, 15) is 4.79 Å². The van der Waals surface area contributed by atoms with E-state index in [1.165, 1.54) is 0 Å². The molecule has 0 aliphatic carbocycles. The van der Waals surface area contributed by atoms with Crippen molar-refractivity contribution in [3.8, 4) is 17.2 Å². The molecule has 5 heteroatoms. The summed E-state index contributed by atoms with van der Waals surface area (Å²) in [4.78, 5) is 12.0. The summed E-state index contributed by atoms with van der Waals surface area (Å²) in [5, 5.41) is 2.88. The summed E-state index contributed by atoms with van der Waals surface area (Å²) >= 11 is 0. The molecule has 0 atom stereocenters. The Morgan fingerprint density at radius 3 is 2.42 bits per heavy atom. The number of rotatable bonds is 9. The summed E-state index contributed by atoms with van der Waals surface area (Å²) in [5.74, 6) is 2.35. The van der Waals surface area contributed by atoms with Gasteiger partial charge in [-0.2, -0.15) is 0 Å². The van der Waals surface area contributed by atoms with Crippen molar-refractivity contribution in [3.05, 3.63) is 53.6 Å². The zero-order chi connectivity index (χ0) is 18.9. The van der Waals surface area contributed by atoms with Gasteiger partial charge in [0.2, 0.25) is 0 Å². The summed E-state index contributed by atoms with van der Waals surface area (Å²) in [6, 6.07) is 13.5. The Morgan fingerprint density at radius 1 is 1.00 bits per heavy atom. The smallest absolute Gasteiger partial charge is 0.257 e. The lowest BCUT2D eigenvalue weighted by Crippen LogP contribution is -2.30. The Morgan fingerprint density at radius 2 is 1.73 bits per heavy atom. The number of amides is 1. The minimum atomic E-state index is -0.135. The maximum Gasteiger partial charge on any atom is 0.257 e. The van der Waals surface area contributed by atoms with Crippen LogP contribution in [0.5, 0.6) is 17.2 Å². The lowest BCUT2D eigenvalue weighted by atomic mass is 10.0. The summed E-state index contributed by atoms with van der Waals surface area (Å²) < 4.78 is 16.2. The Bertz CT molecular complexity index is 728. The zero-order valence-electron chi connectivity index (χ0n) is 15.9. The monoisotopic (exact) mass is 357 g/mol. The summed E-state index contributed by atoms with van der Waals surface area (Å²) in [5.41, 5.74) is 2.17. The van der Waals surface area contributed by atoms with Gasteiger partial charge < -0.3 is 19.5 Å². The quantitative estimate of drug-likeness (QED) is 0.745. The average molecular weight is 357 g/mol. The molecule has 2 aromatic rings. The van der Waals surface area contributed by atoms with Crippen LogP contribution in [0.25, 0.3) is 0 Å². The van der Waals surface area contributed by atoms with Gasteiger partial charge in [0.05, 0.1) is 14.2 Å². The fourth-order valence-electron chi connectivity index (χ4n) is 2.67. The van der Waals surface area contributed by atoms with Crippen LogP contribution in [0.15, 0.2) is 42.5 Å². The molecule has 0 aromatic heterocycles. The number of methoxy groups -OCH3 is 2. The molecule has 0 heterocycles. The summed E-state index contributed by atoms with van der Waals surface area (Å²) in [6.45, 7) is 4.75. The molecule has 0 aliphatic rings. The van der Waals surface area contributed by atoms with E-state index >= 15 is 0 Å². The largest absolute Gasteiger partial charge is 0.493 e. The number of ether oxygens (including phenoxy) is 3. The van der Waals surface area contributed by atoms with E-state index in [-0.39, 0.29) is 12.5 Å². The number of nitrogens with one attached hydrogen (secondary N) is 1. The lowest BCUT2D eigenvalue weighted by Gasteiger charge is -2.14. The highest BCUT2D eigenvalue weighted by Gasteiger charge is 2.09. The maximum atomic E-state index is 12.0. The third-order valence-electron chi connectivity index (χ3n) is 4.08. The van der Waals surface area contributed by atoms with E-state index in [0.29, 0.717) is 30.4 Å². The number of hydrogen-bond donors (Lipinski definition) is 1. The van der Waals surface area contributed by atoms with Crippen LogP contribution in [0.4, 0.5) is 0 Å². The highest BCUT2D eigenvalue weighted by atomic mass is 16.5. The Kier molecular flexibility index (Phi) is 7.33. The molecular weight excluding hydrogens is 330 g/mol. The van der Waals surface area contributed by atoms with Gasteiger partial charge >= 0.3 is 0 Å². The van der Waals surface area contributed by atoms with Gasteiger partial charge in [-0.05, 0) is 41.7 Å². The van der Waals surface area contributed by atoms with Crippen LogP contribution in [-0.4, -0.2) is 33.3 Å². The number of hydrogen-bond acceptors (Lipinski definition) is 4. The predicted octanol–water partition coefficient (Wildman–Crippen LogP) is 3.56. The molecule has 0 radical (unpaired) electrons. The van der Waals surface area contributed by atoms with Gasteiger partial charge in [-0.1, -0.05) is 38.1 Å². The molecular formula is C21H27NO4. The third-order valence-corrected chi connectivity index (χ3v) is 4.08. The first-order valence-corrected chi connectivity index (χ1v) is 8.74. The van der Waals surface area contributed by atoms with Crippen molar-refractivity contribution in [2.45, 2.75) is 26.2 Å². The number of carbonyl (C=O) groups is 1. The van der Waals surface area contributed by atoms with Gasteiger partial charge in [0, 0.05) is 6.54 Å². The molecule has 1 amide bonds. The lowest BCUT2D eigenvalue weighted by molar-refractivity contribution is -0.123. The molecule has 1 N–H and O–H groups in total. The first kappa shape index (κ1) is 19.6. The van der Waals surface area contributed by atoms with Crippen molar-refractivity contribution in [1.29, 1.82) is 0 Å². The third kappa shape index (κ3) is 5.41. The van der Waals surface area contributed by atoms with Crippen LogP contribution in [0.3, 0.4) is 0 Å². The van der Waals surface area contributed by atoms with Gasteiger partial charge in [0.25, 0.3) is 5.91 Å². The summed E-state index contributed by atoms with van der Waals surface area (Å²) in [7, 11) is 3.21. The Balaban J connectivity index is 1.81. The van der Waals surface area contributed by atoms with Gasteiger partial charge in [-0.3, -0.25) is 4.79 Å². The number of benzene rings is 2. The van der Waals surface area contributed by atoms with Gasteiger partial charge in [-0.15, -0.1) is 0 Å². The van der Waals surface area contributed by atoms with Crippen molar-refractivity contribution in [3.63, 3.8) is 0 Å². The van der Waals surface area contributed by atoms with Crippen molar-refractivity contribution < 1.29 is 19.0 Å². The van der Waals surface area contributed by atoms with Crippen LogP contribution in [0.2, 0.25) is 0 Å². The molecule has 0 bridgehead atoms. The highest BCUT2D eigenvalue weighted by molar-refractivity contribution is 5.77. The molecule has 0 saturated heterocycles. The topological polar surface area (TPSA) is 56.8 Å². The van der Waals surface area contributed by atoms with E-state index in [0.717, 1.165) is 16.9 Å². The fourth-order valence-corrected chi connectivity index (χ4v) is 2.67. The minimum absolute atomic E-state index is 0.00959. The highest BCUT2D eigenvalue weighted by Crippen LogP contribution is 2.27.